The maximum Gasteiger partial charge on any atom is 0.334 e. The minimum absolute atomic E-state index is 0.402. The lowest BCUT2D eigenvalue weighted by atomic mass is 10.4. The number of hydrogen-bond donors (Lipinski definition) is 1. The van der Waals surface area contributed by atoms with Crippen LogP contribution in [0.2, 0.25) is 0 Å². The molecule has 0 saturated carbocycles. The molecule has 0 spiro atoms. The number of nitrogens with zero attached hydrogens (tertiary/aromatic N) is 2. The topological polar surface area (TPSA) is 67.8 Å². The van der Waals surface area contributed by atoms with Gasteiger partial charge in [0, 0.05) is 17.1 Å². The quantitative estimate of drug-likeness (QED) is 0.769. The fourth-order valence-corrected chi connectivity index (χ4v) is 2.02. The zero-order valence-electron chi connectivity index (χ0n) is 8.27. The molecule has 0 radical (unpaired) electrons. The minimum Gasteiger partial charge on any atom is -0.274 e. The highest BCUT2D eigenvalue weighted by molar-refractivity contribution is 7.14. The van der Waals surface area contributed by atoms with Crippen LogP contribution in [0.15, 0.2) is 21.9 Å². The van der Waals surface area contributed by atoms with E-state index in [0.717, 1.165) is 10.6 Å². The molecule has 0 aliphatic carbocycles. The molecule has 0 saturated heterocycles. The van der Waals surface area contributed by atoms with Gasteiger partial charge in [0.2, 0.25) is 0 Å². The van der Waals surface area contributed by atoms with E-state index >= 15 is 0 Å². The van der Waals surface area contributed by atoms with Crippen molar-refractivity contribution in [3.8, 4) is 5.13 Å². The predicted molar refractivity (Wildman–Crippen MR) is 57.8 cm³/mol. The second-order valence-electron chi connectivity index (χ2n) is 3.12. The van der Waals surface area contributed by atoms with Gasteiger partial charge in [-0.15, -0.1) is 11.3 Å². The van der Waals surface area contributed by atoms with Crippen LogP contribution in [0, 0.1) is 13.8 Å². The van der Waals surface area contributed by atoms with Crippen molar-refractivity contribution < 1.29 is 0 Å². The fourth-order valence-electron chi connectivity index (χ4n) is 1.13. The number of hydrogen-bond acceptors (Lipinski definition) is 4. The lowest BCUT2D eigenvalue weighted by molar-refractivity contribution is 0.882. The minimum atomic E-state index is -0.462. The van der Waals surface area contributed by atoms with Gasteiger partial charge in [-0.1, -0.05) is 0 Å². The van der Waals surface area contributed by atoms with Gasteiger partial charge in [0.15, 0.2) is 5.13 Å². The van der Waals surface area contributed by atoms with Gasteiger partial charge in [0.25, 0.3) is 5.56 Å². The van der Waals surface area contributed by atoms with E-state index in [1.54, 1.807) is 0 Å². The van der Waals surface area contributed by atoms with Gasteiger partial charge in [0.05, 0.1) is 5.69 Å². The third kappa shape index (κ3) is 1.75. The summed E-state index contributed by atoms with van der Waals surface area (Å²) in [5.74, 6) is 0. The molecule has 0 atom stereocenters. The Balaban J connectivity index is 2.64. The van der Waals surface area contributed by atoms with Crippen LogP contribution >= 0.6 is 11.3 Å². The van der Waals surface area contributed by atoms with E-state index in [1.165, 1.54) is 28.2 Å². The first-order chi connectivity index (χ1) is 7.08. The van der Waals surface area contributed by atoms with Gasteiger partial charge in [0.1, 0.15) is 0 Å². The Labute approximate surface area is 89.1 Å². The molecule has 0 aliphatic rings. The van der Waals surface area contributed by atoms with Gasteiger partial charge >= 0.3 is 5.69 Å². The van der Waals surface area contributed by atoms with Crippen LogP contribution in [0.1, 0.15) is 10.6 Å². The summed E-state index contributed by atoms with van der Waals surface area (Å²) in [6.07, 6.45) is 1.43. The number of thiazole rings is 1. The Kier molecular flexibility index (Phi) is 2.28. The van der Waals surface area contributed by atoms with Crippen LogP contribution in [0.4, 0.5) is 0 Å². The van der Waals surface area contributed by atoms with Gasteiger partial charge in [-0.3, -0.25) is 9.78 Å². The van der Waals surface area contributed by atoms with E-state index in [1.807, 2.05) is 13.8 Å². The molecular weight excluding hydrogens is 214 g/mol. The number of aromatic nitrogens is 3. The average Bonchev–Trinajstić information content (AvgIpc) is 2.46. The maximum absolute atomic E-state index is 11.4. The highest BCUT2D eigenvalue weighted by Gasteiger charge is 2.06. The van der Waals surface area contributed by atoms with E-state index in [2.05, 4.69) is 9.97 Å². The number of nitrogens with one attached hydrogen (secondary N) is 1. The van der Waals surface area contributed by atoms with E-state index in [0.29, 0.717) is 5.13 Å². The summed E-state index contributed by atoms with van der Waals surface area (Å²) in [6, 6.07) is 1.30. The molecule has 0 amide bonds. The highest BCUT2D eigenvalue weighted by Crippen LogP contribution is 2.18. The first-order valence-corrected chi connectivity index (χ1v) is 5.16. The lowest BCUT2D eigenvalue weighted by Crippen LogP contribution is -2.27. The van der Waals surface area contributed by atoms with Crippen LogP contribution < -0.4 is 11.2 Å². The van der Waals surface area contributed by atoms with Gasteiger partial charge in [-0.2, -0.15) is 0 Å². The number of aryl methyl sites for hydroxylation is 2. The first-order valence-electron chi connectivity index (χ1n) is 4.34. The molecule has 0 fully saturated rings. The molecular formula is C9H9N3O2S. The van der Waals surface area contributed by atoms with Crippen molar-refractivity contribution in [3.63, 3.8) is 0 Å². The SMILES string of the molecule is Cc1nc(-n2ccc(=O)[nH]c2=O)sc1C. The zero-order chi connectivity index (χ0) is 11.0. The zero-order valence-corrected chi connectivity index (χ0v) is 9.09. The Bertz CT molecular complexity index is 589. The maximum atomic E-state index is 11.4. The van der Waals surface area contributed by atoms with Gasteiger partial charge < -0.3 is 0 Å². The smallest absolute Gasteiger partial charge is 0.274 e. The van der Waals surface area contributed by atoms with Crippen molar-refractivity contribution in [2.24, 2.45) is 0 Å². The summed E-state index contributed by atoms with van der Waals surface area (Å²) in [4.78, 5) is 29.8. The lowest BCUT2D eigenvalue weighted by Gasteiger charge is -1.97. The largest absolute Gasteiger partial charge is 0.334 e. The van der Waals surface area contributed by atoms with Crippen LogP contribution in [-0.2, 0) is 0 Å². The summed E-state index contributed by atoms with van der Waals surface area (Å²) in [6.45, 7) is 3.82. The van der Waals surface area contributed by atoms with Gasteiger partial charge in [-0.25, -0.2) is 14.3 Å². The Morgan fingerprint density at radius 2 is 2.13 bits per heavy atom. The van der Waals surface area contributed by atoms with Crippen molar-refractivity contribution >= 4 is 11.3 Å². The monoisotopic (exact) mass is 223 g/mol. The Hall–Kier alpha value is -1.69. The molecule has 2 aromatic rings. The Morgan fingerprint density at radius 1 is 1.40 bits per heavy atom. The van der Waals surface area contributed by atoms with Crippen LogP contribution in [0.25, 0.3) is 5.13 Å². The summed E-state index contributed by atoms with van der Waals surface area (Å²) >= 11 is 1.42. The second kappa shape index (κ2) is 3.47. The predicted octanol–water partition coefficient (Wildman–Crippen LogP) is 0.599. The summed E-state index contributed by atoms with van der Waals surface area (Å²) < 4.78 is 1.33. The van der Waals surface area contributed by atoms with Crippen LogP contribution in [-0.4, -0.2) is 14.5 Å². The van der Waals surface area contributed by atoms with Crippen LogP contribution in [0.5, 0.6) is 0 Å². The fraction of sp³-hybridized carbons (Fsp3) is 0.222. The molecule has 2 aromatic heterocycles. The summed E-state index contributed by atoms with van der Waals surface area (Å²) in [5, 5.41) is 0.575. The average molecular weight is 223 g/mol. The molecule has 5 nitrogen and oxygen atoms in total. The third-order valence-electron chi connectivity index (χ3n) is 2.05. The molecule has 6 heteroatoms. The van der Waals surface area contributed by atoms with Crippen molar-refractivity contribution in [1.29, 1.82) is 0 Å². The van der Waals surface area contributed by atoms with Crippen molar-refractivity contribution in [2.75, 3.05) is 0 Å². The summed E-state index contributed by atoms with van der Waals surface area (Å²) in [5.41, 5.74) is 0.0330. The van der Waals surface area contributed by atoms with Crippen molar-refractivity contribution in [3.05, 3.63) is 43.7 Å². The molecule has 0 unspecified atom stereocenters. The molecule has 0 aromatic carbocycles. The molecule has 0 bridgehead atoms. The summed E-state index contributed by atoms with van der Waals surface area (Å²) in [7, 11) is 0. The van der Waals surface area contributed by atoms with E-state index < -0.39 is 11.2 Å². The van der Waals surface area contributed by atoms with Crippen molar-refractivity contribution in [2.45, 2.75) is 13.8 Å². The molecule has 2 heterocycles. The first kappa shape index (κ1) is 9.85. The molecule has 1 N–H and O–H groups in total. The van der Waals surface area contributed by atoms with E-state index in [9.17, 15) is 9.59 Å². The normalized spacial score (nSPS) is 10.5. The standard InChI is InChI=1S/C9H9N3O2S/c1-5-6(2)15-9(10-5)12-4-3-7(13)11-8(12)14/h3-4H,1-2H3,(H,11,13,14). The highest BCUT2D eigenvalue weighted by atomic mass is 32.1. The van der Waals surface area contributed by atoms with E-state index in [4.69, 9.17) is 0 Å². The molecule has 2 rings (SSSR count). The third-order valence-corrected chi connectivity index (χ3v) is 3.12. The molecule has 78 valence electrons. The number of H-pyrrole nitrogens is 1. The van der Waals surface area contributed by atoms with E-state index in [-0.39, 0.29) is 0 Å². The van der Waals surface area contributed by atoms with Crippen LogP contribution in [0.3, 0.4) is 0 Å². The Morgan fingerprint density at radius 3 is 2.67 bits per heavy atom. The second-order valence-corrected chi connectivity index (χ2v) is 4.30. The number of aromatic amines is 1. The van der Waals surface area contributed by atoms with Crippen molar-refractivity contribution in [1.82, 2.24) is 14.5 Å². The molecule has 0 aliphatic heterocycles. The van der Waals surface area contributed by atoms with Gasteiger partial charge in [-0.05, 0) is 13.8 Å². The molecule has 15 heavy (non-hydrogen) atoms. The number of rotatable bonds is 1.